The topological polar surface area (TPSA) is 26.8 Å². The zero-order valence-corrected chi connectivity index (χ0v) is 17.8. The third kappa shape index (κ3) is 4.23. The molecule has 2 atom stereocenters. The number of hydrogen-bond donors (Lipinski definition) is 0. The Hall–Kier alpha value is -2.31. The van der Waals surface area contributed by atoms with Crippen molar-refractivity contribution in [3.63, 3.8) is 0 Å². The molecule has 3 aliphatic rings. The van der Waals surface area contributed by atoms with E-state index in [1.165, 1.54) is 18.2 Å². The van der Waals surface area contributed by atoms with Crippen molar-refractivity contribution in [2.45, 2.75) is 31.2 Å². The van der Waals surface area contributed by atoms with Gasteiger partial charge in [-0.25, -0.2) is 8.78 Å². The molecule has 2 aliphatic heterocycles. The molecule has 0 bridgehead atoms. The number of nitrogens with zero attached hydrogens (tertiary/aromatic N) is 3. The summed E-state index contributed by atoms with van der Waals surface area (Å²) in [4.78, 5) is 18.7. The number of piperazine rings is 1. The largest absolute Gasteiger partial charge is 0.341 e. The highest BCUT2D eigenvalue weighted by atomic mass is 19.1. The first-order valence-corrected chi connectivity index (χ1v) is 11.4. The van der Waals surface area contributed by atoms with Gasteiger partial charge in [-0.05, 0) is 53.8 Å². The number of amides is 1. The van der Waals surface area contributed by atoms with Gasteiger partial charge in [-0.2, -0.15) is 0 Å². The van der Waals surface area contributed by atoms with Crippen molar-refractivity contribution >= 4 is 5.91 Å². The van der Waals surface area contributed by atoms with Crippen LogP contribution in [0.1, 0.15) is 47.9 Å². The lowest BCUT2D eigenvalue weighted by Gasteiger charge is -2.39. The minimum Gasteiger partial charge on any atom is -0.341 e. The first-order chi connectivity index (χ1) is 15.1. The highest BCUT2D eigenvalue weighted by Gasteiger charge is 2.37. The van der Waals surface area contributed by atoms with Crippen LogP contribution in [-0.4, -0.2) is 66.4 Å². The maximum Gasteiger partial charge on any atom is 0.222 e. The smallest absolute Gasteiger partial charge is 0.222 e. The van der Waals surface area contributed by atoms with Gasteiger partial charge in [0.2, 0.25) is 5.91 Å². The van der Waals surface area contributed by atoms with Crippen molar-refractivity contribution in [3.05, 3.63) is 70.8 Å². The highest BCUT2D eigenvalue weighted by molar-refractivity contribution is 5.78. The molecule has 1 amide bonds. The molecule has 0 saturated carbocycles. The molecule has 0 spiro atoms. The van der Waals surface area contributed by atoms with Crippen LogP contribution in [0.3, 0.4) is 0 Å². The maximum absolute atomic E-state index is 14.1. The molecule has 2 saturated heterocycles. The quantitative estimate of drug-likeness (QED) is 0.730. The Balaban J connectivity index is 1.26. The summed E-state index contributed by atoms with van der Waals surface area (Å²) in [5.74, 6) is 0.0253. The van der Waals surface area contributed by atoms with Crippen LogP contribution in [0.4, 0.5) is 8.78 Å². The molecule has 0 N–H and O–H groups in total. The van der Waals surface area contributed by atoms with Crippen LogP contribution in [0.15, 0.2) is 42.5 Å². The molecule has 6 heteroatoms. The number of carbonyl (C=O) groups is 1. The summed E-state index contributed by atoms with van der Waals surface area (Å²) in [6, 6.07) is 12.0. The number of likely N-dealkylation sites (tertiary alicyclic amines) is 1. The Morgan fingerprint density at radius 3 is 2.29 bits per heavy atom. The van der Waals surface area contributed by atoms with Gasteiger partial charge in [-0.3, -0.25) is 14.6 Å². The molecule has 4 nitrogen and oxygen atoms in total. The molecule has 2 heterocycles. The van der Waals surface area contributed by atoms with Crippen LogP contribution in [0.2, 0.25) is 0 Å². The number of carbonyl (C=O) groups excluding carboxylic acids is 1. The molecular weight excluding hydrogens is 396 g/mol. The van der Waals surface area contributed by atoms with E-state index in [0.717, 1.165) is 75.3 Å². The third-order valence-electron chi connectivity index (χ3n) is 7.22. The molecule has 5 rings (SSSR count). The van der Waals surface area contributed by atoms with E-state index in [2.05, 4.69) is 9.80 Å². The Morgan fingerprint density at radius 2 is 1.58 bits per heavy atom. The van der Waals surface area contributed by atoms with Crippen LogP contribution >= 0.6 is 0 Å². The van der Waals surface area contributed by atoms with Crippen LogP contribution in [0.25, 0.3) is 0 Å². The first-order valence-electron chi connectivity index (χ1n) is 11.4. The minimum absolute atomic E-state index is 0.167. The van der Waals surface area contributed by atoms with E-state index in [1.807, 2.05) is 23.1 Å². The van der Waals surface area contributed by atoms with Gasteiger partial charge in [-0.15, -0.1) is 0 Å². The summed E-state index contributed by atoms with van der Waals surface area (Å²) in [5.41, 5.74) is 3.32. The van der Waals surface area contributed by atoms with E-state index in [0.29, 0.717) is 6.42 Å². The van der Waals surface area contributed by atoms with Gasteiger partial charge in [0.05, 0.1) is 0 Å². The zero-order chi connectivity index (χ0) is 21.4. The Labute approximate surface area is 182 Å². The Bertz CT molecular complexity index is 940. The van der Waals surface area contributed by atoms with Gasteiger partial charge in [0, 0.05) is 64.2 Å². The van der Waals surface area contributed by atoms with Crippen molar-refractivity contribution in [2.75, 3.05) is 45.8 Å². The van der Waals surface area contributed by atoms with Gasteiger partial charge in [-0.1, -0.05) is 18.2 Å². The monoisotopic (exact) mass is 425 g/mol. The van der Waals surface area contributed by atoms with Crippen molar-refractivity contribution in [1.29, 1.82) is 0 Å². The highest BCUT2D eigenvalue weighted by Crippen LogP contribution is 2.47. The average Bonchev–Trinajstić information content (AvgIpc) is 3.36. The van der Waals surface area contributed by atoms with Crippen LogP contribution in [0, 0.1) is 11.6 Å². The number of benzene rings is 2. The fourth-order valence-electron chi connectivity index (χ4n) is 5.49. The summed E-state index contributed by atoms with van der Waals surface area (Å²) >= 11 is 0. The summed E-state index contributed by atoms with van der Waals surface area (Å²) in [6.45, 7) is 6.44. The minimum atomic E-state index is -0.232. The first kappa shape index (κ1) is 20.6. The van der Waals surface area contributed by atoms with E-state index in [-0.39, 0.29) is 29.5 Å². The van der Waals surface area contributed by atoms with E-state index in [1.54, 1.807) is 6.07 Å². The van der Waals surface area contributed by atoms with Gasteiger partial charge in [0.25, 0.3) is 0 Å². The SMILES string of the molecule is O=C1CCCN1CCN1CCN(C2CC(c3ccc(F)cc3)c3ccc(F)cc32)CC1. The lowest BCUT2D eigenvalue weighted by molar-refractivity contribution is -0.127. The molecule has 0 radical (unpaired) electrons. The maximum atomic E-state index is 14.1. The molecule has 2 fully saturated rings. The van der Waals surface area contributed by atoms with Gasteiger partial charge in [0.15, 0.2) is 0 Å². The molecule has 164 valence electrons. The Morgan fingerprint density at radius 1 is 0.839 bits per heavy atom. The fourth-order valence-corrected chi connectivity index (χ4v) is 5.49. The molecule has 1 aliphatic carbocycles. The summed E-state index contributed by atoms with van der Waals surface area (Å²) in [5, 5.41) is 0. The molecule has 31 heavy (non-hydrogen) atoms. The number of rotatable bonds is 5. The summed E-state index contributed by atoms with van der Waals surface area (Å²) < 4.78 is 27.5. The van der Waals surface area contributed by atoms with Crippen molar-refractivity contribution in [1.82, 2.24) is 14.7 Å². The average molecular weight is 426 g/mol. The molecule has 2 aromatic carbocycles. The van der Waals surface area contributed by atoms with Gasteiger partial charge < -0.3 is 4.90 Å². The third-order valence-corrected chi connectivity index (χ3v) is 7.22. The number of halogens is 2. The van der Waals surface area contributed by atoms with Crippen molar-refractivity contribution in [2.24, 2.45) is 0 Å². The molecular formula is C25H29F2N3O. The van der Waals surface area contributed by atoms with E-state index in [9.17, 15) is 13.6 Å². The normalized spacial score (nSPS) is 24.7. The lowest BCUT2D eigenvalue weighted by atomic mass is 9.93. The molecule has 0 aromatic heterocycles. The van der Waals surface area contributed by atoms with Gasteiger partial charge >= 0.3 is 0 Å². The summed E-state index contributed by atoms with van der Waals surface area (Å²) in [7, 11) is 0. The second-order valence-electron chi connectivity index (χ2n) is 8.99. The fraction of sp³-hybridized carbons (Fsp3) is 0.480. The van der Waals surface area contributed by atoms with E-state index >= 15 is 0 Å². The standard InChI is InChI=1S/C25H29F2N3O/c26-19-5-3-18(4-6-19)22-17-24(23-16-20(27)7-8-21(22)23)29-13-10-28(11-14-29)12-15-30-9-1-2-25(30)31/h3-8,16,22,24H,1-2,9-15,17H2. The van der Waals surface area contributed by atoms with E-state index < -0.39 is 0 Å². The van der Waals surface area contributed by atoms with Gasteiger partial charge in [0.1, 0.15) is 11.6 Å². The van der Waals surface area contributed by atoms with Crippen molar-refractivity contribution in [3.8, 4) is 0 Å². The Kier molecular flexibility index (Phi) is 5.76. The van der Waals surface area contributed by atoms with Crippen LogP contribution in [0.5, 0.6) is 0 Å². The van der Waals surface area contributed by atoms with Crippen molar-refractivity contribution < 1.29 is 13.6 Å². The van der Waals surface area contributed by atoms with E-state index in [4.69, 9.17) is 0 Å². The van der Waals surface area contributed by atoms with Crippen LogP contribution in [-0.2, 0) is 4.79 Å². The predicted octanol–water partition coefficient (Wildman–Crippen LogP) is 3.78. The zero-order valence-electron chi connectivity index (χ0n) is 17.8. The molecule has 2 aromatic rings. The second-order valence-corrected chi connectivity index (χ2v) is 8.99. The number of fused-ring (bicyclic) bond motifs is 1. The predicted molar refractivity (Wildman–Crippen MR) is 116 cm³/mol. The van der Waals surface area contributed by atoms with Crippen LogP contribution < -0.4 is 0 Å². The lowest BCUT2D eigenvalue weighted by Crippen LogP contribution is -2.49. The second kappa shape index (κ2) is 8.67. The molecule has 2 unspecified atom stereocenters. The summed E-state index contributed by atoms with van der Waals surface area (Å²) in [6.07, 6.45) is 2.58. The number of hydrogen-bond acceptors (Lipinski definition) is 3.